The zero-order chi connectivity index (χ0) is 34.7. The minimum absolute atomic E-state index is 0.259. The van der Waals surface area contributed by atoms with Gasteiger partial charge in [-0.1, -0.05) is 0 Å². The largest absolute Gasteiger partial charge is 0.472 e. The van der Waals surface area contributed by atoms with E-state index < -0.39 is 12.3 Å². The molecule has 0 bridgehead atoms. The van der Waals surface area contributed by atoms with Crippen molar-refractivity contribution in [3.63, 3.8) is 0 Å². The summed E-state index contributed by atoms with van der Waals surface area (Å²) < 4.78 is 15.8. The molecule has 3 aliphatic heterocycles. The Bertz CT molecular complexity index is 1690. The summed E-state index contributed by atoms with van der Waals surface area (Å²) in [6.45, 7) is 4.84. The van der Waals surface area contributed by atoms with Crippen molar-refractivity contribution in [2.24, 2.45) is 41.4 Å². The van der Waals surface area contributed by atoms with Crippen LogP contribution in [0.3, 0.4) is 0 Å². The Morgan fingerprint density at radius 3 is 1.96 bits per heavy atom. The summed E-state index contributed by atoms with van der Waals surface area (Å²) in [5, 5.41) is 15.9. The molecule has 0 amide bonds. The minimum Gasteiger partial charge on any atom is -0.472 e. The van der Waals surface area contributed by atoms with Crippen LogP contribution in [-0.2, 0) is 19.3 Å². The van der Waals surface area contributed by atoms with Crippen LogP contribution in [0.4, 0.5) is 0 Å². The number of nitrogens with zero attached hydrogens (tertiary/aromatic N) is 8. The van der Waals surface area contributed by atoms with Gasteiger partial charge in [0.15, 0.2) is 30.0 Å². The van der Waals surface area contributed by atoms with Crippen LogP contribution >= 0.6 is 0 Å². The lowest BCUT2D eigenvalue weighted by atomic mass is 10.2. The van der Waals surface area contributed by atoms with E-state index in [0.29, 0.717) is 68.9 Å². The fourth-order valence-corrected chi connectivity index (χ4v) is 5.58. The summed E-state index contributed by atoms with van der Waals surface area (Å²) in [4.78, 5) is 32.5. The molecule has 18 nitrogen and oxygen atoms in total. The zero-order valence-electron chi connectivity index (χ0n) is 28.2. The van der Waals surface area contributed by atoms with E-state index >= 15 is 0 Å². The first-order valence-corrected chi connectivity index (χ1v) is 16.6. The van der Waals surface area contributed by atoms with E-state index in [2.05, 4.69) is 51.4 Å². The van der Waals surface area contributed by atoms with E-state index in [1.165, 1.54) is 0 Å². The van der Waals surface area contributed by atoms with Crippen LogP contribution in [0.5, 0.6) is 0 Å². The molecule has 50 heavy (non-hydrogen) atoms. The highest BCUT2D eigenvalue weighted by Crippen LogP contribution is 2.13. The number of nitrogens with two attached hydrogens (primary N) is 2. The molecule has 6 heterocycles. The first-order valence-electron chi connectivity index (χ1n) is 16.6. The van der Waals surface area contributed by atoms with Gasteiger partial charge in [0.05, 0.1) is 44.1 Å². The smallest absolute Gasteiger partial charge is 0.203 e. The highest BCUT2D eigenvalue weighted by molar-refractivity contribution is 6.01. The molecule has 9 N–H and O–H groups in total. The minimum atomic E-state index is -0.514. The van der Waals surface area contributed by atoms with Crippen molar-refractivity contribution < 1.29 is 13.3 Å². The van der Waals surface area contributed by atoms with Gasteiger partial charge in [-0.15, -0.1) is 0 Å². The third kappa shape index (κ3) is 9.57. The average molecular weight is 688 g/mol. The molecule has 0 saturated carbocycles. The lowest BCUT2D eigenvalue weighted by Crippen LogP contribution is -2.55. The van der Waals surface area contributed by atoms with Gasteiger partial charge in [0.25, 0.3) is 0 Å². The van der Waals surface area contributed by atoms with Crippen molar-refractivity contribution in [1.82, 2.24) is 36.4 Å². The van der Waals surface area contributed by atoms with Gasteiger partial charge in [-0.05, 0) is 61.1 Å². The molecule has 0 aliphatic carbocycles. The molecule has 0 fully saturated rings. The lowest BCUT2D eigenvalue weighted by molar-refractivity contribution is 0.360. The van der Waals surface area contributed by atoms with Gasteiger partial charge in [0, 0.05) is 39.6 Å². The van der Waals surface area contributed by atoms with Crippen LogP contribution < -0.4 is 38.1 Å². The van der Waals surface area contributed by atoms with Crippen LogP contribution in [0, 0.1) is 0 Å². The number of rotatable bonds is 14. The first-order chi connectivity index (χ1) is 24.4. The summed E-state index contributed by atoms with van der Waals surface area (Å²) in [7, 11) is 1.82. The topological polar surface area (TPSA) is 232 Å². The molecule has 3 unspecified atom stereocenters. The maximum atomic E-state index is 6.40. The molecule has 0 aromatic carbocycles. The Kier molecular flexibility index (Phi) is 11.2. The monoisotopic (exact) mass is 687 g/mol. The molecule has 3 aromatic heterocycles. The molecule has 18 heteroatoms. The summed E-state index contributed by atoms with van der Waals surface area (Å²) >= 11 is 0. The number of nitrogens with one attached hydrogen (secondary N) is 5. The van der Waals surface area contributed by atoms with Crippen LogP contribution in [0.1, 0.15) is 30.0 Å². The predicted molar refractivity (Wildman–Crippen MR) is 191 cm³/mol. The normalized spacial score (nSPS) is 20.1. The maximum absolute atomic E-state index is 6.40. The Balaban J connectivity index is 1.16. The highest BCUT2D eigenvalue weighted by atomic mass is 16.3. The Morgan fingerprint density at radius 1 is 0.680 bits per heavy atom. The van der Waals surface area contributed by atoms with Crippen molar-refractivity contribution >= 4 is 35.8 Å². The second-order valence-corrected chi connectivity index (χ2v) is 11.9. The molecule has 0 saturated heterocycles. The van der Waals surface area contributed by atoms with Gasteiger partial charge in [-0.3, -0.25) is 16.0 Å². The zero-order valence-corrected chi connectivity index (χ0v) is 28.2. The Morgan fingerprint density at radius 2 is 1.30 bits per heavy atom. The molecule has 6 rings (SSSR count). The first kappa shape index (κ1) is 33.9. The van der Waals surface area contributed by atoms with Gasteiger partial charge in [-0.25, -0.2) is 30.0 Å². The van der Waals surface area contributed by atoms with Crippen molar-refractivity contribution in [3.8, 4) is 0 Å². The highest BCUT2D eigenvalue weighted by Gasteiger charge is 2.26. The van der Waals surface area contributed by atoms with Gasteiger partial charge in [-0.2, -0.15) is 0 Å². The van der Waals surface area contributed by atoms with Crippen molar-refractivity contribution in [2.45, 2.75) is 51.1 Å². The third-order valence-electron chi connectivity index (χ3n) is 8.13. The quantitative estimate of drug-likeness (QED) is 0.120. The van der Waals surface area contributed by atoms with Gasteiger partial charge >= 0.3 is 0 Å². The molecule has 0 radical (unpaired) electrons. The Labute approximate surface area is 290 Å². The molecular weight excluding hydrogens is 642 g/mol. The molecule has 266 valence electrons. The third-order valence-corrected chi connectivity index (χ3v) is 8.13. The van der Waals surface area contributed by atoms with E-state index in [4.69, 9.17) is 39.7 Å². The average Bonchev–Trinajstić information content (AvgIpc) is 3.91. The van der Waals surface area contributed by atoms with E-state index in [0.717, 1.165) is 36.0 Å². The predicted octanol–water partition coefficient (Wildman–Crippen LogP) is 0.158. The number of furan rings is 3. The second-order valence-electron chi connectivity index (χ2n) is 11.9. The van der Waals surface area contributed by atoms with Crippen molar-refractivity contribution in [2.75, 3.05) is 39.8 Å². The summed E-state index contributed by atoms with van der Waals surface area (Å²) in [6.07, 6.45) is 11.9. The molecular formula is C32H45N15O3. The van der Waals surface area contributed by atoms with E-state index in [9.17, 15) is 0 Å². The number of guanidine groups is 6. The molecule has 0 spiro atoms. The van der Waals surface area contributed by atoms with Gasteiger partial charge < -0.3 is 45.2 Å². The van der Waals surface area contributed by atoms with Crippen LogP contribution in [0.25, 0.3) is 0 Å². The molecule has 3 atom stereocenters. The van der Waals surface area contributed by atoms with Crippen LogP contribution in [-0.4, -0.2) is 104 Å². The summed E-state index contributed by atoms with van der Waals surface area (Å²) in [6, 6.07) is 5.85. The number of aliphatic imine (C=N–C) groups is 6. The fourth-order valence-electron chi connectivity index (χ4n) is 5.58. The SMILES string of the molecule is CNC1=NC(C)N=C(N(CCc2ccoc2)CC2N=C(N)NC(N(CCc3ccoc3)CCC3N=C(N)NC(NCCc4ccoc4)=N3)=N2)N1. The van der Waals surface area contributed by atoms with Gasteiger partial charge in [0.2, 0.25) is 11.9 Å². The van der Waals surface area contributed by atoms with E-state index in [1.54, 1.807) is 37.6 Å². The molecule has 3 aliphatic rings. The van der Waals surface area contributed by atoms with Crippen LogP contribution in [0.15, 0.2) is 99.0 Å². The standard InChI is InChI=1S/C32H45N15O3/c1-21-37-29(35-2)45-31(38-21)47(12-5-24-9-16-50-20-24)17-26-40-28(34)44-32(42-26)46(11-4-23-8-15-49-19-23)13-6-25-39-27(33)43-30(41-25)36-10-3-22-7-14-48-18-22/h7-9,14-16,18-21,25-26H,3-6,10-13,17H2,1-2H3,(H3,34,40,42,44)(H2,35,37,38,45)(H4,33,36,39,41,43). The maximum Gasteiger partial charge on any atom is 0.203 e. The Hall–Kier alpha value is -5.94. The summed E-state index contributed by atoms with van der Waals surface area (Å²) in [5.41, 5.74) is 15.8. The molecule has 3 aromatic rings. The van der Waals surface area contributed by atoms with Crippen molar-refractivity contribution in [1.29, 1.82) is 0 Å². The fraction of sp³-hybridized carbons (Fsp3) is 0.438. The second kappa shape index (κ2) is 16.4. The summed E-state index contributed by atoms with van der Waals surface area (Å²) in [5.74, 6) is 3.09. The number of hydrogen-bond acceptors (Lipinski definition) is 18. The lowest BCUT2D eigenvalue weighted by Gasteiger charge is -2.34. The van der Waals surface area contributed by atoms with Crippen molar-refractivity contribution in [3.05, 3.63) is 72.5 Å². The number of hydrogen-bond donors (Lipinski definition) is 7. The van der Waals surface area contributed by atoms with Gasteiger partial charge in [0.1, 0.15) is 12.3 Å². The van der Waals surface area contributed by atoms with E-state index in [1.807, 2.05) is 32.2 Å². The van der Waals surface area contributed by atoms with E-state index in [-0.39, 0.29) is 12.1 Å². The van der Waals surface area contributed by atoms with Crippen LogP contribution in [0.2, 0.25) is 0 Å².